The van der Waals surface area contributed by atoms with Gasteiger partial charge in [-0.05, 0) is 17.4 Å². The molecule has 0 amide bonds. The minimum atomic E-state index is -0.189. The van der Waals surface area contributed by atoms with Crippen molar-refractivity contribution >= 4 is 23.7 Å². The third-order valence-electron chi connectivity index (χ3n) is 2.19. The highest BCUT2D eigenvalue weighted by Gasteiger charge is 2.18. The van der Waals surface area contributed by atoms with E-state index in [9.17, 15) is 0 Å². The predicted molar refractivity (Wildman–Crippen MR) is 66.6 cm³/mol. The van der Waals surface area contributed by atoms with Gasteiger partial charge in [0.15, 0.2) is 0 Å². The highest BCUT2D eigenvalue weighted by molar-refractivity contribution is 7.13. The van der Waals surface area contributed by atoms with Crippen molar-refractivity contribution in [3.8, 4) is 10.7 Å². The number of nitrogens with two attached hydrogens (primary N) is 1. The normalized spacial score (nSPS) is 12.5. The molecule has 2 N–H and O–H groups in total. The van der Waals surface area contributed by atoms with E-state index >= 15 is 0 Å². The number of hydrogen-bond acceptors (Lipinski definition) is 5. The van der Waals surface area contributed by atoms with Crippen molar-refractivity contribution < 1.29 is 4.52 Å². The lowest BCUT2D eigenvalue weighted by molar-refractivity contribution is 0.325. The van der Waals surface area contributed by atoms with Crippen molar-refractivity contribution in [2.24, 2.45) is 11.7 Å². The van der Waals surface area contributed by atoms with Crippen LogP contribution in [-0.4, -0.2) is 10.1 Å². The number of thiophene rings is 1. The first-order valence-electron chi connectivity index (χ1n) is 4.81. The van der Waals surface area contributed by atoms with Gasteiger partial charge in [0, 0.05) is 0 Å². The topological polar surface area (TPSA) is 64.9 Å². The predicted octanol–water partition coefficient (Wildman–Crippen LogP) is 2.88. The Bertz CT molecular complexity index is 427. The Morgan fingerprint density at radius 3 is 2.75 bits per heavy atom. The number of aromatic nitrogens is 2. The van der Waals surface area contributed by atoms with Crippen LogP contribution in [0.25, 0.3) is 10.7 Å². The molecule has 0 aliphatic carbocycles. The first-order chi connectivity index (χ1) is 7.18. The third kappa shape index (κ3) is 2.61. The Morgan fingerprint density at radius 1 is 1.44 bits per heavy atom. The molecule has 2 rings (SSSR count). The molecule has 0 fully saturated rings. The molecule has 0 bridgehead atoms. The Labute approximate surface area is 104 Å². The second kappa shape index (κ2) is 5.43. The fourth-order valence-corrected chi connectivity index (χ4v) is 1.81. The summed E-state index contributed by atoms with van der Waals surface area (Å²) in [6, 6.07) is 3.73. The molecule has 0 aromatic carbocycles. The van der Waals surface area contributed by atoms with Gasteiger partial charge in [0.2, 0.25) is 11.7 Å². The molecule has 0 saturated carbocycles. The van der Waals surface area contributed by atoms with Gasteiger partial charge in [-0.1, -0.05) is 25.1 Å². The zero-order valence-corrected chi connectivity index (χ0v) is 10.7. The van der Waals surface area contributed by atoms with E-state index in [2.05, 4.69) is 10.1 Å². The Morgan fingerprint density at radius 2 is 2.19 bits per heavy atom. The van der Waals surface area contributed by atoms with Crippen LogP contribution in [0.4, 0.5) is 0 Å². The maximum Gasteiger partial charge on any atom is 0.244 e. The van der Waals surface area contributed by atoms with E-state index in [1.165, 1.54) is 0 Å². The SMILES string of the molecule is CC(C)[C@H](N)c1nc(-c2cccs2)no1.Cl. The number of nitrogens with zero attached hydrogens (tertiary/aromatic N) is 2. The van der Waals surface area contributed by atoms with Crippen LogP contribution >= 0.6 is 23.7 Å². The number of rotatable bonds is 3. The molecule has 0 radical (unpaired) electrons. The first-order valence-corrected chi connectivity index (χ1v) is 5.69. The lowest BCUT2D eigenvalue weighted by atomic mass is 10.1. The van der Waals surface area contributed by atoms with Gasteiger partial charge < -0.3 is 10.3 Å². The van der Waals surface area contributed by atoms with E-state index in [1.807, 2.05) is 31.4 Å². The molecular weight excluding hydrogens is 246 g/mol. The third-order valence-corrected chi connectivity index (χ3v) is 3.05. The summed E-state index contributed by atoms with van der Waals surface area (Å²) in [5.41, 5.74) is 5.91. The summed E-state index contributed by atoms with van der Waals surface area (Å²) in [6.45, 7) is 4.05. The molecule has 6 heteroatoms. The summed E-state index contributed by atoms with van der Waals surface area (Å²) in [6.07, 6.45) is 0. The largest absolute Gasteiger partial charge is 0.337 e. The summed E-state index contributed by atoms with van der Waals surface area (Å²) >= 11 is 1.58. The summed E-state index contributed by atoms with van der Waals surface area (Å²) in [4.78, 5) is 5.28. The Hall–Kier alpha value is -0.910. The Balaban J connectivity index is 0.00000128. The second-order valence-corrected chi connectivity index (χ2v) is 4.65. The van der Waals surface area contributed by atoms with Crippen LogP contribution in [-0.2, 0) is 0 Å². The standard InChI is InChI=1S/C10H13N3OS.ClH/c1-6(2)8(11)10-12-9(13-14-10)7-4-3-5-15-7;/h3-6,8H,11H2,1-2H3;1H/t8-;/m0./s1. The molecule has 4 nitrogen and oxygen atoms in total. The van der Waals surface area contributed by atoms with Gasteiger partial charge in [-0.25, -0.2) is 0 Å². The first kappa shape index (κ1) is 13.2. The van der Waals surface area contributed by atoms with Crippen molar-refractivity contribution in [1.29, 1.82) is 0 Å². The van der Waals surface area contributed by atoms with Crippen LogP contribution < -0.4 is 5.73 Å². The van der Waals surface area contributed by atoms with Gasteiger partial charge in [0.25, 0.3) is 0 Å². The maximum atomic E-state index is 5.91. The summed E-state index contributed by atoms with van der Waals surface area (Å²) in [5, 5.41) is 5.89. The summed E-state index contributed by atoms with van der Waals surface area (Å²) < 4.78 is 5.13. The maximum absolute atomic E-state index is 5.91. The van der Waals surface area contributed by atoms with Crippen molar-refractivity contribution in [3.05, 3.63) is 23.4 Å². The van der Waals surface area contributed by atoms with E-state index < -0.39 is 0 Å². The van der Waals surface area contributed by atoms with E-state index in [4.69, 9.17) is 10.3 Å². The molecule has 2 aromatic rings. The molecule has 2 aromatic heterocycles. The minimum Gasteiger partial charge on any atom is -0.337 e. The molecule has 0 aliphatic heterocycles. The van der Waals surface area contributed by atoms with Gasteiger partial charge in [0.05, 0.1) is 10.9 Å². The van der Waals surface area contributed by atoms with Gasteiger partial charge in [-0.3, -0.25) is 0 Å². The lowest BCUT2D eigenvalue weighted by Gasteiger charge is -2.08. The molecule has 0 aliphatic rings. The van der Waals surface area contributed by atoms with Gasteiger partial charge in [0.1, 0.15) is 0 Å². The zero-order chi connectivity index (χ0) is 10.8. The molecular formula is C10H14ClN3OS. The van der Waals surface area contributed by atoms with Crippen molar-refractivity contribution in [2.75, 3.05) is 0 Å². The number of hydrogen-bond donors (Lipinski definition) is 1. The van der Waals surface area contributed by atoms with Crippen molar-refractivity contribution in [3.63, 3.8) is 0 Å². The molecule has 88 valence electrons. The fraction of sp³-hybridized carbons (Fsp3) is 0.400. The summed E-state index contributed by atoms with van der Waals surface area (Å²) in [5.74, 6) is 1.42. The molecule has 0 unspecified atom stereocenters. The molecule has 0 spiro atoms. The van der Waals surface area contributed by atoms with Crippen LogP contribution in [0, 0.1) is 5.92 Å². The van der Waals surface area contributed by atoms with Crippen LogP contribution in [0.15, 0.2) is 22.0 Å². The Kier molecular flexibility index (Phi) is 4.46. The van der Waals surface area contributed by atoms with E-state index in [1.54, 1.807) is 11.3 Å². The van der Waals surface area contributed by atoms with Crippen LogP contribution in [0.3, 0.4) is 0 Å². The smallest absolute Gasteiger partial charge is 0.244 e. The van der Waals surface area contributed by atoms with Crippen LogP contribution in [0.2, 0.25) is 0 Å². The quantitative estimate of drug-likeness (QED) is 0.921. The van der Waals surface area contributed by atoms with Gasteiger partial charge in [-0.15, -0.1) is 23.7 Å². The highest BCUT2D eigenvalue weighted by Crippen LogP contribution is 2.24. The zero-order valence-electron chi connectivity index (χ0n) is 9.08. The fourth-order valence-electron chi connectivity index (χ4n) is 1.16. The van der Waals surface area contributed by atoms with Crippen molar-refractivity contribution in [1.82, 2.24) is 10.1 Å². The lowest BCUT2D eigenvalue weighted by Crippen LogP contribution is -2.16. The molecule has 0 saturated heterocycles. The number of halogens is 1. The summed E-state index contributed by atoms with van der Waals surface area (Å²) in [7, 11) is 0. The monoisotopic (exact) mass is 259 g/mol. The molecule has 16 heavy (non-hydrogen) atoms. The highest BCUT2D eigenvalue weighted by atomic mass is 35.5. The van der Waals surface area contributed by atoms with Crippen LogP contribution in [0.1, 0.15) is 25.8 Å². The van der Waals surface area contributed by atoms with Crippen LogP contribution in [0.5, 0.6) is 0 Å². The second-order valence-electron chi connectivity index (χ2n) is 3.70. The van der Waals surface area contributed by atoms with Gasteiger partial charge >= 0.3 is 0 Å². The van der Waals surface area contributed by atoms with Gasteiger partial charge in [-0.2, -0.15) is 4.98 Å². The average molecular weight is 260 g/mol. The van der Waals surface area contributed by atoms with Crippen molar-refractivity contribution in [2.45, 2.75) is 19.9 Å². The molecule has 1 atom stereocenters. The average Bonchev–Trinajstić information content (AvgIpc) is 2.86. The van der Waals surface area contributed by atoms with E-state index in [0.29, 0.717) is 17.6 Å². The minimum absolute atomic E-state index is 0. The van der Waals surface area contributed by atoms with E-state index in [-0.39, 0.29) is 18.4 Å². The van der Waals surface area contributed by atoms with E-state index in [0.717, 1.165) is 4.88 Å². The molecule has 2 heterocycles.